The summed E-state index contributed by atoms with van der Waals surface area (Å²) in [6, 6.07) is -0.368. The number of ether oxygens (including phenoxy) is 4. The van der Waals surface area contributed by atoms with E-state index >= 15 is 0 Å². The van der Waals surface area contributed by atoms with Crippen molar-refractivity contribution in [3.63, 3.8) is 0 Å². The van der Waals surface area contributed by atoms with Gasteiger partial charge in [-0.15, -0.1) is 0 Å². The standard InChI is InChI=1S/C19H34N2O8/c1-6-26-16(22)11-20(12-17(23)27-7-2)10-15(5)21(13-18(24)28-8-3)14-19(25)29-9-4/h15H,6-14H2,1-5H3/t15-/m1/s1. The highest BCUT2D eigenvalue weighted by molar-refractivity contribution is 5.76. The third-order valence-corrected chi connectivity index (χ3v) is 3.74. The molecule has 0 N–H and O–H groups in total. The Bertz CT molecular complexity index is 486. The average Bonchev–Trinajstić information content (AvgIpc) is 2.61. The Morgan fingerprint density at radius 1 is 0.621 bits per heavy atom. The van der Waals surface area contributed by atoms with Gasteiger partial charge in [-0.05, 0) is 34.6 Å². The summed E-state index contributed by atoms with van der Waals surface area (Å²) in [6.07, 6.45) is 0. The summed E-state index contributed by atoms with van der Waals surface area (Å²) >= 11 is 0. The molecule has 10 nitrogen and oxygen atoms in total. The van der Waals surface area contributed by atoms with E-state index in [0.717, 1.165) is 0 Å². The first-order valence-corrected chi connectivity index (χ1v) is 9.86. The minimum Gasteiger partial charge on any atom is -0.465 e. The lowest BCUT2D eigenvalue weighted by Crippen LogP contribution is -2.49. The van der Waals surface area contributed by atoms with E-state index in [1.54, 1.807) is 44.4 Å². The minimum absolute atomic E-state index is 0.121. The summed E-state index contributed by atoms with van der Waals surface area (Å²) < 4.78 is 19.8. The molecule has 1 atom stereocenters. The fourth-order valence-electron chi connectivity index (χ4n) is 2.57. The molecule has 0 saturated carbocycles. The van der Waals surface area contributed by atoms with Crippen molar-refractivity contribution in [3.05, 3.63) is 0 Å². The van der Waals surface area contributed by atoms with Crippen molar-refractivity contribution in [2.75, 3.05) is 59.2 Å². The van der Waals surface area contributed by atoms with Gasteiger partial charge in [0.2, 0.25) is 0 Å². The van der Waals surface area contributed by atoms with Gasteiger partial charge in [0.25, 0.3) is 0 Å². The Labute approximate surface area is 172 Å². The molecule has 10 heteroatoms. The van der Waals surface area contributed by atoms with Crippen molar-refractivity contribution in [1.29, 1.82) is 0 Å². The molecular formula is C19H34N2O8. The highest BCUT2D eigenvalue weighted by atomic mass is 16.5. The molecule has 0 aromatic heterocycles. The van der Waals surface area contributed by atoms with Crippen LogP contribution < -0.4 is 0 Å². The van der Waals surface area contributed by atoms with Crippen molar-refractivity contribution in [2.24, 2.45) is 0 Å². The molecular weight excluding hydrogens is 384 g/mol. The second-order valence-electron chi connectivity index (χ2n) is 6.14. The van der Waals surface area contributed by atoms with Gasteiger partial charge in [-0.2, -0.15) is 0 Å². The molecule has 0 radical (unpaired) electrons. The summed E-state index contributed by atoms with van der Waals surface area (Å²) in [7, 11) is 0. The van der Waals surface area contributed by atoms with E-state index in [9.17, 15) is 19.2 Å². The summed E-state index contributed by atoms with van der Waals surface area (Å²) in [5.41, 5.74) is 0. The van der Waals surface area contributed by atoms with Gasteiger partial charge in [0.15, 0.2) is 0 Å². The second kappa shape index (κ2) is 15.7. The van der Waals surface area contributed by atoms with Crippen molar-refractivity contribution < 1.29 is 38.1 Å². The van der Waals surface area contributed by atoms with Gasteiger partial charge < -0.3 is 18.9 Å². The Morgan fingerprint density at radius 3 is 1.24 bits per heavy atom. The summed E-state index contributed by atoms with van der Waals surface area (Å²) in [5, 5.41) is 0. The molecule has 168 valence electrons. The van der Waals surface area contributed by atoms with Gasteiger partial charge in [-0.25, -0.2) is 0 Å². The minimum atomic E-state index is -0.481. The zero-order valence-corrected chi connectivity index (χ0v) is 18.1. The summed E-state index contributed by atoms with van der Waals surface area (Å²) in [4.78, 5) is 50.8. The maximum Gasteiger partial charge on any atom is 0.320 e. The molecule has 0 aromatic carbocycles. The van der Waals surface area contributed by atoms with Crippen molar-refractivity contribution >= 4 is 23.9 Å². The number of carbonyl (C=O) groups is 4. The van der Waals surface area contributed by atoms with Gasteiger partial charge in [0.05, 0.1) is 52.6 Å². The van der Waals surface area contributed by atoms with Crippen LogP contribution in [0.4, 0.5) is 0 Å². The Morgan fingerprint density at radius 2 is 0.931 bits per heavy atom. The van der Waals surface area contributed by atoms with Crippen LogP contribution in [0.25, 0.3) is 0 Å². The third kappa shape index (κ3) is 12.8. The van der Waals surface area contributed by atoms with E-state index in [0.29, 0.717) is 0 Å². The predicted molar refractivity (Wildman–Crippen MR) is 104 cm³/mol. The zero-order chi connectivity index (χ0) is 22.2. The number of esters is 4. The number of nitrogens with zero attached hydrogens (tertiary/aromatic N) is 2. The van der Waals surface area contributed by atoms with Crippen LogP contribution in [0.3, 0.4) is 0 Å². The lowest BCUT2D eigenvalue weighted by Gasteiger charge is -2.31. The van der Waals surface area contributed by atoms with Gasteiger partial charge in [0.1, 0.15) is 0 Å². The molecule has 0 unspecified atom stereocenters. The monoisotopic (exact) mass is 418 g/mol. The summed E-state index contributed by atoms with van der Waals surface area (Å²) in [6.45, 7) is 9.16. The van der Waals surface area contributed by atoms with Crippen LogP contribution in [-0.2, 0) is 38.1 Å². The van der Waals surface area contributed by atoms with Crippen LogP contribution in [0.1, 0.15) is 34.6 Å². The molecule has 0 aromatic rings. The topological polar surface area (TPSA) is 112 Å². The lowest BCUT2D eigenvalue weighted by atomic mass is 10.2. The van der Waals surface area contributed by atoms with E-state index in [1.807, 2.05) is 0 Å². The first-order valence-electron chi connectivity index (χ1n) is 9.86. The van der Waals surface area contributed by atoms with Crippen molar-refractivity contribution in [2.45, 2.75) is 40.7 Å². The number of rotatable bonds is 15. The van der Waals surface area contributed by atoms with E-state index in [2.05, 4.69) is 0 Å². The lowest BCUT2D eigenvalue weighted by molar-refractivity contribution is -0.152. The number of hydrogen-bond acceptors (Lipinski definition) is 10. The van der Waals surface area contributed by atoms with Crippen LogP contribution in [-0.4, -0.2) is 98.9 Å². The van der Waals surface area contributed by atoms with Crippen LogP contribution in [0, 0.1) is 0 Å². The van der Waals surface area contributed by atoms with Gasteiger partial charge >= 0.3 is 23.9 Å². The Balaban J connectivity index is 5.22. The van der Waals surface area contributed by atoms with Crippen LogP contribution in [0.15, 0.2) is 0 Å². The largest absolute Gasteiger partial charge is 0.465 e. The first-order chi connectivity index (χ1) is 13.8. The fourth-order valence-corrected chi connectivity index (χ4v) is 2.57. The zero-order valence-electron chi connectivity index (χ0n) is 18.1. The van der Waals surface area contributed by atoms with Crippen LogP contribution in [0.2, 0.25) is 0 Å². The average molecular weight is 418 g/mol. The van der Waals surface area contributed by atoms with Gasteiger partial charge in [-0.3, -0.25) is 29.0 Å². The predicted octanol–water partition coefficient (Wildman–Crippen LogP) is 0.231. The smallest absolute Gasteiger partial charge is 0.320 e. The molecule has 0 heterocycles. The molecule has 0 aliphatic rings. The summed E-state index contributed by atoms with van der Waals surface area (Å²) in [5.74, 6) is -1.92. The molecule has 0 amide bonds. The molecule has 0 bridgehead atoms. The van der Waals surface area contributed by atoms with E-state index in [-0.39, 0.29) is 65.2 Å². The number of hydrogen-bond donors (Lipinski definition) is 0. The van der Waals surface area contributed by atoms with Crippen molar-refractivity contribution in [3.8, 4) is 0 Å². The Kier molecular flexibility index (Phi) is 14.5. The highest BCUT2D eigenvalue weighted by Gasteiger charge is 2.25. The SMILES string of the molecule is CCOC(=O)CN(CC(=O)OCC)C[C@@H](C)N(CC(=O)OCC)CC(=O)OCC. The highest BCUT2D eigenvalue weighted by Crippen LogP contribution is 2.05. The number of carbonyl (C=O) groups excluding carboxylic acids is 4. The maximum atomic E-state index is 11.9. The van der Waals surface area contributed by atoms with E-state index in [4.69, 9.17) is 18.9 Å². The molecule has 0 rings (SSSR count). The van der Waals surface area contributed by atoms with Crippen LogP contribution in [0.5, 0.6) is 0 Å². The fraction of sp³-hybridized carbons (Fsp3) is 0.789. The second-order valence-corrected chi connectivity index (χ2v) is 6.14. The van der Waals surface area contributed by atoms with E-state index < -0.39 is 23.9 Å². The third-order valence-electron chi connectivity index (χ3n) is 3.74. The maximum absolute atomic E-state index is 11.9. The van der Waals surface area contributed by atoms with Gasteiger partial charge in [-0.1, -0.05) is 0 Å². The quantitative estimate of drug-likeness (QED) is 0.271. The molecule has 29 heavy (non-hydrogen) atoms. The van der Waals surface area contributed by atoms with E-state index in [1.165, 1.54) is 0 Å². The Hall–Kier alpha value is -2.20. The van der Waals surface area contributed by atoms with Gasteiger partial charge in [0, 0.05) is 12.6 Å². The molecule has 0 aliphatic carbocycles. The molecule has 0 fully saturated rings. The normalized spacial score (nSPS) is 11.8. The van der Waals surface area contributed by atoms with Crippen molar-refractivity contribution in [1.82, 2.24) is 9.80 Å². The molecule has 0 aliphatic heterocycles. The molecule has 0 saturated heterocycles. The first kappa shape index (κ1) is 26.8. The van der Waals surface area contributed by atoms with Crippen LogP contribution >= 0.6 is 0 Å². The molecule has 0 spiro atoms.